The highest BCUT2D eigenvalue weighted by Crippen LogP contribution is 2.25. The molecule has 1 aliphatic heterocycles. The Kier molecular flexibility index (Phi) is 6.68. The van der Waals surface area contributed by atoms with Crippen LogP contribution in [-0.2, 0) is 0 Å². The Labute approximate surface area is 129 Å². The Hall–Kier alpha value is -0.900. The number of rotatable bonds is 7. The second-order valence-electron chi connectivity index (χ2n) is 6.43. The van der Waals surface area contributed by atoms with Gasteiger partial charge in [-0.05, 0) is 50.3 Å². The predicted molar refractivity (Wildman–Crippen MR) is 88.3 cm³/mol. The molecule has 3 nitrogen and oxygen atoms in total. The van der Waals surface area contributed by atoms with Crippen LogP contribution in [0.4, 0.5) is 0 Å². The molecule has 0 spiro atoms. The van der Waals surface area contributed by atoms with Crippen molar-refractivity contribution >= 4 is 0 Å². The van der Waals surface area contributed by atoms with E-state index in [0.717, 1.165) is 19.5 Å². The largest absolute Gasteiger partial charge is 0.396 e. The van der Waals surface area contributed by atoms with Crippen molar-refractivity contribution in [3.63, 3.8) is 0 Å². The average Bonchev–Trinajstić information content (AvgIpc) is 2.50. The maximum absolute atomic E-state index is 9.13. The van der Waals surface area contributed by atoms with Crippen LogP contribution in [0.3, 0.4) is 0 Å². The number of aliphatic hydroxyl groups excluding tert-OH is 1. The maximum atomic E-state index is 9.13. The molecular weight excluding hydrogens is 260 g/mol. The number of piperidine rings is 1. The van der Waals surface area contributed by atoms with Gasteiger partial charge in [-0.25, -0.2) is 0 Å². The molecule has 0 saturated carbocycles. The summed E-state index contributed by atoms with van der Waals surface area (Å²) in [5, 5.41) is 12.6. The normalized spacial score (nSPS) is 22.9. The van der Waals surface area contributed by atoms with E-state index in [2.05, 4.69) is 54.5 Å². The molecule has 1 saturated heterocycles. The summed E-state index contributed by atoms with van der Waals surface area (Å²) in [4.78, 5) is 2.59. The van der Waals surface area contributed by atoms with Crippen LogP contribution in [0.2, 0.25) is 0 Å². The van der Waals surface area contributed by atoms with Crippen molar-refractivity contribution in [2.75, 3.05) is 33.3 Å². The van der Waals surface area contributed by atoms with Crippen LogP contribution in [-0.4, -0.2) is 43.3 Å². The summed E-state index contributed by atoms with van der Waals surface area (Å²) in [5.41, 5.74) is 1.37. The van der Waals surface area contributed by atoms with Crippen LogP contribution in [0.1, 0.15) is 37.8 Å². The monoisotopic (exact) mass is 290 g/mol. The molecule has 3 heteroatoms. The summed E-state index contributed by atoms with van der Waals surface area (Å²) in [6, 6.07) is 11.1. The van der Waals surface area contributed by atoms with Crippen molar-refractivity contribution in [1.82, 2.24) is 10.2 Å². The summed E-state index contributed by atoms with van der Waals surface area (Å²) in [5.74, 6) is 1.26. The van der Waals surface area contributed by atoms with E-state index in [1.165, 1.54) is 24.9 Å². The fourth-order valence-corrected chi connectivity index (χ4v) is 3.69. The van der Waals surface area contributed by atoms with Gasteiger partial charge in [0.25, 0.3) is 0 Å². The second kappa shape index (κ2) is 8.52. The Morgan fingerprint density at radius 1 is 1.33 bits per heavy atom. The number of nitrogens with one attached hydrogen (secondary N) is 1. The molecule has 0 aromatic heterocycles. The molecule has 2 rings (SSSR count). The topological polar surface area (TPSA) is 35.5 Å². The summed E-state index contributed by atoms with van der Waals surface area (Å²) >= 11 is 0. The van der Waals surface area contributed by atoms with E-state index in [4.69, 9.17) is 5.11 Å². The third kappa shape index (κ3) is 4.80. The molecule has 3 atom stereocenters. The lowest BCUT2D eigenvalue weighted by molar-refractivity contribution is 0.126. The summed E-state index contributed by atoms with van der Waals surface area (Å²) in [6.07, 6.45) is 3.51. The van der Waals surface area contributed by atoms with E-state index >= 15 is 0 Å². The van der Waals surface area contributed by atoms with Crippen LogP contribution >= 0.6 is 0 Å². The predicted octanol–water partition coefficient (Wildman–Crippen LogP) is 2.68. The average molecular weight is 290 g/mol. The minimum Gasteiger partial charge on any atom is -0.396 e. The van der Waals surface area contributed by atoms with E-state index in [9.17, 15) is 0 Å². The van der Waals surface area contributed by atoms with Crippen molar-refractivity contribution in [3.05, 3.63) is 35.9 Å². The van der Waals surface area contributed by atoms with Gasteiger partial charge in [0.15, 0.2) is 0 Å². The minimum atomic E-state index is 0.331. The summed E-state index contributed by atoms with van der Waals surface area (Å²) < 4.78 is 0. The van der Waals surface area contributed by atoms with Crippen LogP contribution in [0.25, 0.3) is 0 Å². The SMILES string of the molecule is CNC(c1ccccc1)C(C)CN1CCCC(CCO)C1. The first-order valence-corrected chi connectivity index (χ1v) is 8.30. The Morgan fingerprint density at radius 3 is 2.76 bits per heavy atom. The first kappa shape index (κ1) is 16.5. The van der Waals surface area contributed by atoms with Crippen molar-refractivity contribution in [1.29, 1.82) is 0 Å². The van der Waals surface area contributed by atoms with Crippen LogP contribution in [0.5, 0.6) is 0 Å². The lowest BCUT2D eigenvalue weighted by Crippen LogP contribution is -2.41. The summed E-state index contributed by atoms with van der Waals surface area (Å²) in [7, 11) is 2.05. The van der Waals surface area contributed by atoms with Gasteiger partial charge < -0.3 is 15.3 Å². The zero-order valence-corrected chi connectivity index (χ0v) is 13.5. The first-order valence-electron chi connectivity index (χ1n) is 8.30. The number of hydrogen-bond acceptors (Lipinski definition) is 3. The van der Waals surface area contributed by atoms with Crippen molar-refractivity contribution < 1.29 is 5.11 Å². The Morgan fingerprint density at radius 2 is 2.10 bits per heavy atom. The van der Waals surface area contributed by atoms with Gasteiger partial charge in [-0.3, -0.25) is 0 Å². The third-order valence-corrected chi connectivity index (χ3v) is 4.73. The Bertz CT molecular complexity index is 393. The highest BCUT2D eigenvalue weighted by Gasteiger charge is 2.24. The molecule has 0 bridgehead atoms. The molecule has 2 N–H and O–H groups in total. The highest BCUT2D eigenvalue weighted by atomic mass is 16.3. The molecule has 1 fully saturated rings. The van der Waals surface area contributed by atoms with Gasteiger partial charge in [-0.1, -0.05) is 37.3 Å². The molecule has 0 radical (unpaired) electrons. The Balaban J connectivity index is 1.91. The standard InChI is InChI=1S/C18H30N2O/c1-15(18(19-2)17-8-4-3-5-9-17)13-20-11-6-7-16(14-20)10-12-21/h3-5,8-9,15-16,18-19,21H,6-7,10-14H2,1-2H3. The van der Waals surface area contributed by atoms with E-state index in [-0.39, 0.29) is 0 Å². The van der Waals surface area contributed by atoms with Gasteiger partial charge >= 0.3 is 0 Å². The van der Waals surface area contributed by atoms with Gasteiger partial charge in [0.1, 0.15) is 0 Å². The maximum Gasteiger partial charge on any atom is 0.0434 e. The van der Waals surface area contributed by atoms with Crippen molar-refractivity contribution in [3.8, 4) is 0 Å². The van der Waals surface area contributed by atoms with Crippen LogP contribution in [0, 0.1) is 11.8 Å². The van der Waals surface area contributed by atoms with Gasteiger partial charge in [0, 0.05) is 25.7 Å². The van der Waals surface area contributed by atoms with E-state index in [0.29, 0.717) is 24.5 Å². The fourth-order valence-electron chi connectivity index (χ4n) is 3.69. The molecule has 21 heavy (non-hydrogen) atoms. The third-order valence-electron chi connectivity index (χ3n) is 4.73. The molecule has 1 aromatic rings. The molecule has 118 valence electrons. The zero-order valence-electron chi connectivity index (χ0n) is 13.5. The number of benzene rings is 1. The number of nitrogens with zero attached hydrogens (tertiary/aromatic N) is 1. The van der Waals surface area contributed by atoms with Crippen LogP contribution in [0.15, 0.2) is 30.3 Å². The van der Waals surface area contributed by atoms with Crippen LogP contribution < -0.4 is 5.32 Å². The molecule has 0 amide bonds. The highest BCUT2D eigenvalue weighted by molar-refractivity contribution is 5.19. The number of aliphatic hydroxyl groups is 1. The lowest BCUT2D eigenvalue weighted by Gasteiger charge is -2.36. The van der Waals surface area contributed by atoms with Gasteiger partial charge in [0.2, 0.25) is 0 Å². The quantitative estimate of drug-likeness (QED) is 0.810. The van der Waals surface area contributed by atoms with Gasteiger partial charge in [-0.2, -0.15) is 0 Å². The first-order chi connectivity index (χ1) is 10.2. The van der Waals surface area contributed by atoms with E-state index in [1.807, 2.05) is 0 Å². The molecule has 0 aliphatic carbocycles. The van der Waals surface area contributed by atoms with Crippen molar-refractivity contribution in [2.24, 2.45) is 11.8 Å². The molecule has 1 aromatic carbocycles. The zero-order chi connectivity index (χ0) is 15.1. The number of hydrogen-bond donors (Lipinski definition) is 2. The van der Waals surface area contributed by atoms with Gasteiger partial charge in [0.05, 0.1) is 0 Å². The number of likely N-dealkylation sites (tertiary alicyclic amines) is 1. The lowest BCUT2D eigenvalue weighted by atomic mass is 9.91. The minimum absolute atomic E-state index is 0.331. The smallest absolute Gasteiger partial charge is 0.0434 e. The second-order valence-corrected chi connectivity index (χ2v) is 6.43. The van der Waals surface area contributed by atoms with E-state index < -0.39 is 0 Å². The van der Waals surface area contributed by atoms with Crippen molar-refractivity contribution in [2.45, 2.75) is 32.2 Å². The van der Waals surface area contributed by atoms with Gasteiger partial charge in [-0.15, -0.1) is 0 Å². The molecular formula is C18H30N2O. The summed E-state index contributed by atoms with van der Waals surface area (Å²) in [6.45, 7) is 6.15. The fraction of sp³-hybridized carbons (Fsp3) is 0.667. The molecule has 3 unspecified atom stereocenters. The molecule has 1 aliphatic rings. The van der Waals surface area contributed by atoms with E-state index in [1.54, 1.807) is 0 Å². The molecule has 1 heterocycles.